The summed E-state index contributed by atoms with van der Waals surface area (Å²) in [4.78, 5) is 3.77. The third-order valence-electron chi connectivity index (χ3n) is 1.98. The molecule has 78 valence electrons. The van der Waals surface area contributed by atoms with E-state index in [1.807, 2.05) is 18.2 Å². The molecule has 0 fully saturated rings. The van der Waals surface area contributed by atoms with Gasteiger partial charge in [-0.25, -0.2) is 0 Å². The van der Waals surface area contributed by atoms with Crippen LogP contribution >= 0.6 is 0 Å². The molecule has 0 spiro atoms. The molecule has 3 nitrogen and oxygen atoms in total. The highest BCUT2D eigenvalue weighted by molar-refractivity contribution is 5.73. The summed E-state index contributed by atoms with van der Waals surface area (Å²) >= 11 is 0. The van der Waals surface area contributed by atoms with Gasteiger partial charge < -0.3 is 10.1 Å². The highest BCUT2D eigenvalue weighted by Crippen LogP contribution is 2.02. The predicted molar refractivity (Wildman–Crippen MR) is 57.3 cm³/mol. The molecule has 0 saturated heterocycles. The number of aliphatic imine (C=N–C) groups is 1. The fourth-order valence-corrected chi connectivity index (χ4v) is 1.26. The predicted octanol–water partition coefficient (Wildman–Crippen LogP) is 1.29. The van der Waals surface area contributed by atoms with Crippen LogP contribution in [-0.4, -0.2) is 12.4 Å². The van der Waals surface area contributed by atoms with Crippen LogP contribution in [0.4, 0.5) is 0 Å². The minimum atomic E-state index is -0.314. The lowest BCUT2D eigenvalue weighted by Crippen LogP contribution is -2.16. The average Bonchev–Trinajstić information content (AvgIpc) is 2.26. The molecule has 0 aliphatic heterocycles. The highest BCUT2D eigenvalue weighted by atomic mass is 16.3. The van der Waals surface area contributed by atoms with E-state index in [9.17, 15) is 5.11 Å². The van der Waals surface area contributed by atoms with E-state index in [1.165, 1.54) is 5.56 Å². The van der Waals surface area contributed by atoms with E-state index >= 15 is 0 Å². The van der Waals surface area contributed by atoms with Crippen molar-refractivity contribution in [3.05, 3.63) is 35.9 Å². The molecule has 0 unspecified atom stereocenters. The Bertz CT molecular complexity index is 352. The maximum atomic E-state index is 10.9. The molecule has 0 radical (unpaired) electrons. The van der Waals surface area contributed by atoms with Gasteiger partial charge in [0.25, 0.3) is 0 Å². The van der Waals surface area contributed by atoms with E-state index in [0.717, 1.165) is 12.8 Å². The molecule has 0 aromatic heterocycles. The van der Waals surface area contributed by atoms with Crippen LogP contribution < -0.4 is 5.11 Å². The standard InChI is InChI=1S/C12H14N2O/c13-9-8-12(15)14-10-4-7-11-5-2-1-3-6-11/h1-3,5-6H,4,7-8,10H2,(H,14,15)/p-1. The van der Waals surface area contributed by atoms with Crippen LogP contribution in [0.3, 0.4) is 0 Å². The van der Waals surface area contributed by atoms with Crippen molar-refractivity contribution in [2.45, 2.75) is 19.3 Å². The molecule has 0 aliphatic rings. The van der Waals surface area contributed by atoms with Gasteiger partial charge in [0.05, 0.1) is 12.5 Å². The smallest absolute Gasteiger partial charge is 0.0672 e. The number of benzene rings is 1. The summed E-state index contributed by atoms with van der Waals surface area (Å²) in [7, 11) is 0. The van der Waals surface area contributed by atoms with Gasteiger partial charge in [0.2, 0.25) is 0 Å². The Labute approximate surface area is 89.7 Å². The molecule has 1 aromatic rings. The van der Waals surface area contributed by atoms with Crippen LogP contribution in [0.2, 0.25) is 0 Å². The third kappa shape index (κ3) is 4.82. The SMILES string of the molecule is N#CCC([O-])=NCCCc1ccccc1. The van der Waals surface area contributed by atoms with Gasteiger partial charge in [0, 0.05) is 6.54 Å². The van der Waals surface area contributed by atoms with E-state index in [-0.39, 0.29) is 12.3 Å². The topological polar surface area (TPSA) is 59.2 Å². The summed E-state index contributed by atoms with van der Waals surface area (Å²) in [6.45, 7) is 0.509. The summed E-state index contributed by atoms with van der Waals surface area (Å²) in [5.41, 5.74) is 1.25. The molecule has 3 heteroatoms. The number of nitrogens with zero attached hydrogens (tertiary/aromatic N) is 2. The van der Waals surface area contributed by atoms with E-state index in [4.69, 9.17) is 5.26 Å². The van der Waals surface area contributed by atoms with Gasteiger partial charge in [-0.1, -0.05) is 30.3 Å². The Balaban J connectivity index is 2.23. The largest absolute Gasteiger partial charge is 0.861 e. The van der Waals surface area contributed by atoms with E-state index < -0.39 is 0 Å². The zero-order valence-electron chi connectivity index (χ0n) is 8.52. The van der Waals surface area contributed by atoms with Crippen LogP contribution in [0.25, 0.3) is 0 Å². The third-order valence-corrected chi connectivity index (χ3v) is 1.98. The molecular formula is C12H13N2O-. The van der Waals surface area contributed by atoms with Crippen molar-refractivity contribution in [1.29, 1.82) is 5.26 Å². The van der Waals surface area contributed by atoms with Crippen LogP contribution in [0.15, 0.2) is 35.3 Å². The Kier molecular flexibility index (Phi) is 4.96. The summed E-state index contributed by atoms with van der Waals surface area (Å²) in [6, 6.07) is 11.9. The molecule has 0 bridgehead atoms. The van der Waals surface area contributed by atoms with Crippen molar-refractivity contribution in [2.75, 3.05) is 6.54 Å². The van der Waals surface area contributed by atoms with E-state index in [1.54, 1.807) is 6.07 Å². The minimum absolute atomic E-state index is 0.106. The molecule has 0 amide bonds. The van der Waals surface area contributed by atoms with Crippen LogP contribution in [0, 0.1) is 11.3 Å². The van der Waals surface area contributed by atoms with Crippen molar-refractivity contribution < 1.29 is 5.11 Å². The molecule has 1 rings (SSSR count). The first-order chi connectivity index (χ1) is 7.33. The van der Waals surface area contributed by atoms with Crippen molar-refractivity contribution in [2.24, 2.45) is 4.99 Å². The maximum absolute atomic E-state index is 10.9. The fourth-order valence-electron chi connectivity index (χ4n) is 1.26. The first-order valence-corrected chi connectivity index (χ1v) is 4.94. The Morgan fingerprint density at radius 1 is 1.33 bits per heavy atom. The van der Waals surface area contributed by atoms with E-state index in [2.05, 4.69) is 17.1 Å². The van der Waals surface area contributed by atoms with Crippen LogP contribution in [0.5, 0.6) is 0 Å². The zero-order valence-corrected chi connectivity index (χ0v) is 8.52. The number of rotatable bonds is 5. The molecule has 0 atom stereocenters. The molecule has 0 aliphatic carbocycles. The second kappa shape index (κ2) is 6.61. The number of hydrogen-bond acceptors (Lipinski definition) is 3. The molecule has 1 aromatic carbocycles. The molecular weight excluding hydrogens is 188 g/mol. The summed E-state index contributed by atoms with van der Waals surface area (Å²) in [5.74, 6) is -0.314. The first kappa shape index (κ1) is 11.3. The molecule has 0 heterocycles. The van der Waals surface area contributed by atoms with Gasteiger partial charge >= 0.3 is 0 Å². The Morgan fingerprint density at radius 2 is 2.07 bits per heavy atom. The lowest BCUT2D eigenvalue weighted by molar-refractivity contribution is -0.217. The maximum Gasteiger partial charge on any atom is 0.0672 e. The summed E-state index contributed by atoms with van der Waals surface area (Å²) < 4.78 is 0. The Morgan fingerprint density at radius 3 is 2.73 bits per heavy atom. The number of hydrogen-bond donors (Lipinski definition) is 0. The van der Waals surface area contributed by atoms with Crippen LogP contribution in [-0.2, 0) is 6.42 Å². The van der Waals surface area contributed by atoms with Crippen molar-refractivity contribution in [3.63, 3.8) is 0 Å². The quantitative estimate of drug-likeness (QED) is 0.409. The van der Waals surface area contributed by atoms with Crippen LogP contribution in [0.1, 0.15) is 18.4 Å². The van der Waals surface area contributed by atoms with Gasteiger partial charge in [-0.15, -0.1) is 0 Å². The van der Waals surface area contributed by atoms with Gasteiger partial charge in [0.1, 0.15) is 0 Å². The second-order valence-electron chi connectivity index (χ2n) is 3.20. The number of nitriles is 1. The lowest BCUT2D eigenvalue weighted by atomic mass is 10.1. The number of aryl methyl sites for hydroxylation is 1. The molecule has 0 N–H and O–H groups in total. The molecule has 15 heavy (non-hydrogen) atoms. The zero-order chi connectivity index (χ0) is 10.9. The monoisotopic (exact) mass is 201 g/mol. The van der Waals surface area contributed by atoms with Gasteiger partial charge in [-0.2, -0.15) is 5.26 Å². The normalized spacial score (nSPS) is 11.0. The van der Waals surface area contributed by atoms with Gasteiger partial charge in [-0.05, 0) is 24.3 Å². The van der Waals surface area contributed by atoms with E-state index in [0.29, 0.717) is 6.54 Å². The van der Waals surface area contributed by atoms with Crippen molar-refractivity contribution in [3.8, 4) is 6.07 Å². The van der Waals surface area contributed by atoms with Crippen molar-refractivity contribution >= 4 is 5.90 Å². The highest BCUT2D eigenvalue weighted by Gasteiger charge is 1.90. The fraction of sp³-hybridized carbons (Fsp3) is 0.333. The second-order valence-corrected chi connectivity index (χ2v) is 3.20. The van der Waals surface area contributed by atoms with Crippen molar-refractivity contribution in [1.82, 2.24) is 0 Å². The first-order valence-electron chi connectivity index (χ1n) is 4.94. The summed E-state index contributed by atoms with van der Waals surface area (Å²) in [5, 5.41) is 19.1. The van der Waals surface area contributed by atoms with Gasteiger partial charge in [-0.3, -0.25) is 0 Å². The Hall–Kier alpha value is -1.82. The minimum Gasteiger partial charge on any atom is -0.861 e. The molecule has 0 saturated carbocycles. The van der Waals surface area contributed by atoms with Gasteiger partial charge in [0.15, 0.2) is 0 Å². The lowest BCUT2D eigenvalue weighted by Gasteiger charge is -2.05. The summed E-state index contributed by atoms with van der Waals surface area (Å²) in [6.07, 6.45) is 1.66. The average molecular weight is 201 g/mol.